The molecule has 0 aliphatic heterocycles. The van der Waals surface area contributed by atoms with Gasteiger partial charge in [0.2, 0.25) is 0 Å². The van der Waals surface area contributed by atoms with E-state index in [9.17, 15) is 9.90 Å². The van der Waals surface area contributed by atoms with Crippen LogP contribution in [0.2, 0.25) is 5.02 Å². The summed E-state index contributed by atoms with van der Waals surface area (Å²) < 4.78 is 0. The van der Waals surface area contributed by atoms with Crippen LogP contribution in [0.5, 0.6) is 0 Å². The lowest BCUT2D eigenvalue weighted by Crippen LogP contribution is -2.41. The summed E-state index contributed by atoms with van der Waals surface area (Å²) in [5, 5.41) is 13.2. The van der Waals surface area contributed by atoms with Crippen molar-refractivity contribution < 1.29 is 9.90 Å². The number of benzene rings is 1. The van der Waals surface area contributed by atoms with Crippen LogP contribution in [0, 0.1) is 0 Å². The zero-order chi connectivity index (χ0) is 13.6. The maximum absolute atomic E-state index is 11.9. The van der Waals surface area contributed by atoms with Crippen molar-refractivity contribution in [3.8, 4) is 0 Å². The van der Waals surface area contributed by atoms with Crippen molar-refractivity contribution in [3.05, 3.63) is 34.9 Å². The summed E-state index contributed by atoms with van der Waals surface area (Å²) in [6, 6.07) is 6.86. The number of hydrogen-bond donors (Lipinski definition) is 2. The van der Waals surface area contributed by atoms with Crippen LogP contribution in [0.4, 0.5) is 0 Å². The van der Waals surface area contributed by atoms with Crippen LogP contribution in [0.3, 0.4) is 0 Å². The molecule has 0 aromatic heterocycles. The molecule has 0 spiro atoms. The van der Waals surface area contributed by atoms with Crippen LogP contribution in [-0.4, -0.2) is 35.2 Å². The molecule has 0 saturated carbocycles. The lowest BCUT2D eigenvalue weighted by atomic mass is 10.0. The number of rotatable bonds is 6. The highest BCUT2D eigenvalue weighted by molar-refractivity contribution is 7.98. The molecule has 1 aromatic carbocycles. The van der Waals surface area contributed by atoms with E-state index >= 15 is 0 Å². The Balaban J connectivity index is 2.54. The number of hydrogen-bond acceptors (Lipinski definition) is 3. The third kappa shape index (κ3) is 4.88. The van der Waals surface area contributed by atoms with Gasteiger partial charge in [0.25, 0.3) is 5.91 Å². The van der Waals surface area contributed by atoms with E-state index in [0.29, 0.717) is 17.0 Å². The van der Waals surface area contributed by atoms with E-state index < -0.39 is 5.60 Å². The minimum atomic E-state index is -0.889. The second-order valence-corrected chi connectivity index (χ2v) is 5.80. The van der Waals surface area contributed by atoms with E-state index in [-0.39, 0.29) is 12.5 Å². The van der Waals surface area contributed by atoms with Crippen molar-refractivity contribution in [1.82, 2.24) is 5.32 Å². The smallest absolute Gasteiger partial charge is 0.252 e. The summed E-state index contributed by atoms with van der Waals surface area (Å²) in [5.41, 5.74) is -0.459. The van der Waals surface area contributed by atoms with Crippen molar-refractivity contribution in [2.45, 2.75) is 18.9 Å². The van der Waals surface area contributed by atoms with Gasteiger partial charge in [-0.25, -0.2) is 0 Å². The molecule has 0 unspecified atom stereocenters. The Morgan fingerprint density at radius 1 is 1.50 bits per heavy atom. The van der Waals surface area contributed by atoms with Crippen molar-refractivity contribution in [3.63, 3.8) is 0 Å². The fourth-order valence-electron chi connectivity index (χ4n) is 1.42. The summed E-state index contributed by atoms with van der Waals surface area (Å²) in [7, 11) is 0. The number of amides is 1. The number of carbonyl (C=O) groups is 1. The standard InChI is InChI=1S/C13H18ClNO2S/c1-13(17,7-8-18-2)9-15-12(16)10-5-3-4-6-11(10)14/h3-6,17H,7-9H2,1-2H3,(H,15,16)/t13-/m1/s1. The fraction of sp³-hybridized carbons (Fsp3) is 0.462. The predicted molar refractivity (Wildman–Crippen MR) is 77.4 cm³/mol. The van der Waals surface area contributed by atoms with Crippen LogP contribution >= 0.6 is 23.4 Å². The molecule has 0 saturated heterocycles. The molecule has 0 radical (unpaired) electrons. The second kappa shape index (κ2) is 7.02. The predicted octanol–water partition coefficient (Wildman–Crippen LogP) is 2.57. The fourth-order valence-corrected chi connectivity index (χ4v) is 2.29. The number of halogens is 1. The quantitative estimate of drug-likeness (QED) is 0.845. The lowest BCUT2D eigenvalue weighted by molar-refractivity contribution is 0.0528. The summed E-state index contributed by atoms with van der Waals surface area (Å²) in [4.78, 5) is 11.9. The first-order valence-electron chi connectivity index (χ1n) is 5.70. The van der Waals surface area contributed by atoms with E-state index in [0.717, 1.165) is 5.75 Å². The summed E-state index contributed by atoms with van der Waals surface area (Å²) >= 11 is 7.59. The normalized spacial score (nSPS) is 14.0. The van der Waals surface area contributed by atoms with E-state index in [1.54, 1.807) is 43.0 Å². The Kier molecular flexibility index (Phi) is 5.99. The molecule has 1 amide bonds. The first kappa shape index (κ1) is 15.3. The van der Waals surface area contributed by atoms with Crippen molar-refractivity contribution in [2.24, 2.45) is 0 Å². The van der Waals surface area contributed by atoms with Crippen LogP contribution in [-0.2, 0) is 0 Å². The molecule has 5 heteroatoms. The topological polar surface area (TPSA) is 49.3 Å². The molecule has 2 N–H and O–H groups in total. The van der Waals surface area contributed by atoms with Gasteiger partial charge in [0.1, 0.15) is 0 Å². The number of thioether (sulfide) groups is 1. The zero-order valence-electron chi connectivity index (χ0n) is 10.6. The van der Waals surface area contributed by atoms with Gasteiger partial charge in [-0.2, -0.15) is 11.8 Å². The molecular formula is C13H18ClNO2S. The summed E-state index contributed by atoms with van der Waals surface area (Å²) in [6.07, 6.45) is 2.62. The molecule has 3 nitrogen and oxygen atoms in total. The zero-order valence-corrected chi connectivity index (χ0v) is 12.1. The highest BCUT2D eigenvalue weighted by atomic mass is 35.5. The van der Waals surface area contributed by atoms with Gasteiger partial charge in [0, 0.05) is 6.54 Å². The van der Waals surface area contributed by atoms with Crippen LogP contribution in [0.15, 0.2) is 24.3 Å². The average Bonchev–Trinajstić information content (AvgIpc) is 2.34. The largest absolute Gasteiger partial charge is 0.388 e. The molecule has 0 fully saturated rings. The lowest BCUT2D eigenvalue weighted by Gasteiger charge is -2.23. The molecule has 0 heterocycles. The van der Waals surface area contributed by atoms with E-state index in [1.165, 1.54) is 0 Å². The molecule has 0 aliphatic rings. The minimum Gasteiger partial charge on any atom is -0.388 e. The Labute approximate surface area is 117 Å². The van der Waals surface area contributed by atoms with Crippen molar-refractivity contribution in [2.75, 3.05) is 18.6 Å². The number of aliphatic hydroxyl groups is 1. The first-order valence-corrected chi connectivity index (χ1v) is 7.47. The molecule has 100 valence electrons. The molecule has 0 bridgehead atoms. The molecule has 18 heavy (non-hydrogen) atoms. The van der Waals surface area contributed by atoms with Crippen molar-refractivity contribution in [1.29, 1.82) is 0 Å². The second-order valence-electron chi connectivity index (χ2n) is 4.40. The first-order chi connectivity index (χ1) is 8.46. The van der Waals surface area contributed by atoms with Gasteiger partial charge in [-0.3, -0.25) is 4.79 Å². The van der Waals surface area contributed by atoms with Gasteiger partial charge in [-0.15, -0.1) is 0 Å². The van der Waals surface area contributed by atoms with E-state index in [4.69, 9.17) is 11.6 Å². The van der Waals surface area contributed by atoms with Gasteiger partial charge in [-0.05, 0) is 37.5 Å². The van der Waals surface area contributed by atoms with E-state index in [1.807, 2.05) is 6.26 Å². The molecule has 1 atom stereocenters. The molecule has 1 aromatic rings. The van der Waals surface area contributed by atoms with Crippen LogP contribution in [0.1, 0.15) is 23.7 Å². The van der Waals surface area contributed by atoms with Gasteiger partial charge in [0.05, 0.1) is 16.2 Å². The molecule has 0 aliphatic carbocycles. The Hall–Kier alpha value is -0.710. The highest BCUT2D eigenvalue weighted by Crippen LogP contribution is 2.16. The number of nitrogens with one attached hydrogen (secondary N) is 1. The highest BCUT2D eigenvalue weighted by Gasteiger charge is 2.21. The Bertz CT molecular complexity index is 410. The average molecular weight is 288 g/mol. The molecular weight excluding hydrogens is 270 g/mol. The maximum atomic E-state index is 11.9. The van der Waals surface area contributed by atoms with Gasteiger partial charge >= 0.3 is 0 Å². The molecule has 1 rings (SSSR count). The van der Waals surface area contributed by atoms with Gasteiger partial charge < -0.3 is 10.4 Å². The van der Waals surface area contributed by atoms with Crippen molar-refractivity contribution >= 4 is 29.3 Å². The summed E-state index contributed by atoms with van der Waals surface area (Å²) in [6.45, 7) is 1.94. The van der Waals surface area contributed by atoms with Crippen LogP contribution < -0.4 is 5.32 Å². The third-order valence-corrected chi connectivity index (χ3v) is 3.53. The monoisotopic (exact) mass is 287 g/mol. The Morgan fingerprint density at radius 3 is 2.78 bits per heavy atom. The van der Waals surface area contributed by atoms with Gasteiger partial charge in [-0.1, -0.05) is 23.7 Å². The third-order valence-electron chi connectivity index (χ3n) is 2.59. The van der Waals surface area contributed by atoms with E-state index in [2.05, 4.69) is 5.32 Å². The Morgan fingerprint density at radius 2 is 2.17 bits per heavy atom. The SMILES string of the molecule is CSCC[C@@](C)(O)CNC(=O)c1ccccc1Cl. The van der Waals surface area contributed by atoms with Crippen LogP contribution in [0.25, 0.3) is 0 Å². The maximum Gasteiger partial charge on any atom is 0.252 e. The van der Waals surface area contributed by atoms with Gasteiger partial charge in [0.15, 0.2) is 0 Å². The minimum absolute atomic E-state index is 0.220. The number of carbonyl (C=O) groups excluding carboxylic acids is 1. The summed E-state index contributed by atoms with van der Waals surface area (Å²) in [5.74, 6) is 0.597.